The lowest BCUT2D eigenvalue weighted by Gasteiger charge is -2.19. The summed E-state index contributed by atoms with van der Waals surface area (Å²) in [5, 5.41) is 9.00. The van der Waals surface area contributed by atoms with Crippen LogP contribution in [0.4, 0.5) is 0 Å². The highest BCUT2D eigenvalue weighted by Gasteiger charge is 2.23. The molecule has 6 nitrogen and oxygen atoms in total. The third-order valence-electron chi connectivity index (χ3n) is 5.48. The number of methoxy groups -OCH3 is 2. The first-order valence-electron chi connectivity index (χ1n) is 11.4. The van der Waals surface area contributed by atoms with Crippen LogP contribution >= 0.6 is 31.9 Å². The molecule has 8 heteroatoms. The van der Waals surface area contributed by atoms with Crippen molar-refractivity contribution in [3.05, 3.63) is 85.3 Å². The van der Waals surface area contributed by atoms with Crippen molar-refractivity contribution < 1.29 is 28.9 Å². The standard InChI is InChI=1S/C29H26Br2O6/c1-17(2)21-15-26(37-29-23(30)12-19(13-24(29)31)14-27(33)36-4)22(16-25(21)35-3)28(34)20-9-5-7-18(11-20)8-6-10-32/h5,7,9,11-13,15-17,32H,10,14H2,1-4H3. The van der Waals surface area contributed by atoms with Crippen molar-refractivity contribution >= 4 is 43.6 Å². The van der Waals surface area contributed by atoms with Gasteiger partial charge in [-0.3, -0.25) is 9.59 Å². The monoisotopic (exact) mass is 628 g/mol. The van der Waals surface area contributed by atoms with Crippen LogP contribution in [-0.4, -0.2) is 37.7 Å². The number of ether oxygens (including phenoxy) is 3. The predicted octanol–water partition coefficient (Wildman–Crippen LogP) is 6.43. The highest BCUT2D eigenvalue weighted by molar-refractivity contribution is 9.11. The molecule has 0 amide bonds. The molecule has 0 fully saturated rings. The van der Waals surface area contributed by atoms with E-state index >= 15 is 0 Å². The number of carbonyl (C=O) groups is 2. The van der Waals surface area contributed by atoms with Crippen molar-refractivity contribution in [2.75, 3.05) is 20.8 Å². The van der Waals surface area contributed by atoms with Crippen LogP contribution in [0.2, 0.25) is 0 Å². The Morgan fingerprint density at radius 3 is 2.30 bits per heavy atom. The van der Waals surface area contributed by atoms with Crippen LogP contribution in [0.5, 0.6) is 17.2 Å². The smallest absolute Gasteiger partial charge is 0.309 e. The number of hydrogen-bond acceptors (Lipinski definition) is 6. The van der Waals surface area contributed by atoms with Crippen molar-refractivity contribution in [3.8, 4) is 29.1 Å². The van der Waals surface area contributed by atoms with Crippen LogP contribution in [-0.2, 0) is 16.0 Å². The van der Waals surface area contributed by atoms with E-state index in [0.29, 0.717) is 42.9 Å². The van der Waals surface area contributed by atoms with Gasteiger partial charge in [-0.05, 0) is 79.7 Å². The molecule has 0 saturated heterocycles. The first-order chi connectivity index (χ1) is 17.7. The molecule has 1 N–H and O–H groups in total. The summed E-state index contributed by atoms with van der Waals surface area (Å²) in [6, 6.07) is 13.9. The predicted molar refractivity (Wildman–Crippen MR) is 149 cm³/mol. The summed E-state index contributed by atoms with van der Waals surface area (Å²) < 4.78 is 17.9. The minimum atomic E-state index is -0.358. The Bertz CT molecular complexity index is 1360. The summed E-state index contributed by atoms with van der Waals surface area (Å²) in [6.45, 7) is 3.78. The quantitative estimate of drug-likeness (QED) is 0.176. The van der Waals surface area contributed by atoms with Crippen LogP contribution in [0.15, 0.2) is 57.5 Å². The molecule has 0 aliphatic carbocycles. The SMILES string of the molecule is COC(=O)Cc1cc(Br)c(Oc2cc(C(C)C)c(OC)cc2C(=O)c2cccc(C#CCO)c2)c(Br)c1. The van der Waals surface area contributed by atoms with E-state index in [-0.39, 0.29) is 30.7 Å². The van der Waals surface area contributed by atoms with Crippen molar-refractivity contribution in [1.29, 1.82) is 0 Å². The van der Waals surface area contributed by atoms with Gasteiger partial charge in [-0.15, -0.1) is 0 Å². The third kappa shape index (κ3) is 7.01. The molecule has 0 atom stereocenters. The van der Waals surface area contributed by atoms with Crippen LogP contribution < -0.4 is 9.47 Å². The molecule has 0 heterocycles. The average Bonchev–Trinajstić information content (AvgIpc) is 2.88. The zero-order valence-electron chi connectivity index (χ0n) is 20.9. The molecule has 0 aliphatic rings. The number of ketones is 1. The van der Waals surface area contributed by atoms with Gasteiger partial charge in [-0.2, -0.15) is 0 Å². The van der Waals surface area contributed by atoms with Crippen molar-refractivity contribution in [3.63, 3.8) is 0 Å². The van der Waals surface area contributed by atoms with Gasteiger partial charge in [0.05, 0.1) is 35.1 Å². The Labute approximate surface area is 233 Å². The summed E-state index contributed by atoms with van der Waals surface area (Å²) in [5.41, 5.74) is 2.95. The number of halogens is 2. The van der Waals surface area contributed by atoms with Gasteiger partial charge in [-0.25, -0.2) is 0 Å². The van der Waals surface area contributed by atoms with Gasteiger partial charge in [0.2, 0.25) is 0 Å². The second-order valence-corrected chi connectivity index (χ2v) is 10.1. The zero-order chi connectivity index (χ0) is 27.1. The number of aliphatic hydroxyl groups is 1. The number of benzene rings is 3. The highest BCUT2D eigenvalue weighted by atomic mass is 79.9. The maximum Gasteiger partial charge on any atom is 0.309 e. The number of carbonyl (C=O) groups excluding carboxylic acids is 2. The van der Waals surface area contributed by atoms with Gasteiger partial charge in [0, 0.05) is 16.7 Å². The summed E-state index contributed by atoms with van der Waals surface area (Å²) in [5.74, 6) is 6.27. The van der Waals surface area contributed by atoms with E-state index in [4.69, 9.17) is 19.3 Å². The lowest BCUT2D eigenvalue weighted by Crippen LogP contribution is -2.07. The third-order valence-corrected chi connectivity index (χ3v) is 6.66. The summed E-state index contributed by atoms with van der Waals surface area (Å²) in [7, 11) is 2.90. The Morgan fingerprint density at radius 2 is 1.70 bits per heavy atom. The Kier molecular flexibility index (Phi) is 9.93. The molecule has 0 saturated carbocycles. The molecule has 192 valence electrons. The number of aliphatic hydroxyl groups excluding tert-OH is 1. The molecule has 3 aromatic carbocycles. The van der Waals surface area contributed by atoms with Gasteiger partial charge in [0.25, 0.3) is 0 Å². The average molecular weight is 630 g/mol. The Hall–Kier alpha value is -3.12. The fraction of sp³-hybridized carbons (Fsp3) is 0.241. The molecule has 0 radical (unpaired) electrons. The van der Waals surface area contributed by atoms with Gasteiger partial charge in [0.1, 0.15) is 18.1 Å². The van der Waals surface area contributed by atoms with Crippen LogP contribution in [0.1, 0.15) is 52.4 Å². The zero-order valence-corrected chi connectivity index (χ0v) is 24.0. The molecule has 3 aromatic rings. The largest absolute Gasteiger partial charge is 0.496 e. The summed E-state index contributed by atoms with van der Waals surface area (Å²) in [6.07, 6.45) is 0.104. The van der Waals surface area contributed by atoms with E-state index in [0.717, 1.165) is 11.1 Å². The second kappa shape index (κ2) is 12.9. The molecular weight excluding hydrogens is 604 g/mol. The minimum absolute atomic E-state index is 0.104. The molecule has 37 heavy (non-hydrogen) atoms. The lowest BCUT2D eigenvalue weighted by molar-refractivity contribution is -0.139. The van der Waals surface area contributed by atoms with Gasteiger partial charge in [-0.1, -0.05) is 37.8 Å². The number of hydrogen-bond donors (Lipinski definition) is 1. The van der Waals surface area contributed by atoms with Crippen molar-refractivity contribution in [2.24, 2.45) is 0 Å². The van der Waals surface area contributed by atoms with Crippen LogP contribution in [0.25, 0.3) is 0 Å². The topological polar surface area (TPSA) is 82.1 Å². The Morgan fingerprint density at radius 1 is 1.00 bits per heavy atom. The first kappa shape index (κ1) is 28.5. The maximum atomic E-state index is 13.7. The van der Waals surface area contributed by atoms with Crippen LogP contribution in [0.3, 0.4) is 0 Å². The molecule has 0 aromatic heterocycles. The van der Waals surface area contributed by atoms with E-state index in [1.54, 1.807) is 49.6 Å². The van der Waals surface area contributed by atoms with E-state index in [1.807, 2.05) is 19.9 Å². The van der Waals surface area contributed by atoms with Gasteiger partial charge < -0.3 is 19.3 Å². The molecule has 0 unspecified atom stereocenters. The maximum absolute atomic E-state index is 13.7. The summed E-state index contributed by atoms with van der Waals surface area (Å²) in [4.78, 5) is 25.4. The first-order valence-corrected chi connectivity index (χ1v) is 13.0. The second-order valence-electron chi connectivity index (χ2n) is 8.36. The molecule has 0 spiro atoms. The highest BCUT2D eigenvalue weighted by Crippen LogP contribution is 2.42. The Balaban J connectivity index is 2.12. The van der Waals surface area contributed by atoms with Crippen LogP contribution in [0, 0.1) is 11.8 Å². The minimum Gasteiger partial charge on any atom is -0.496 e. The molecule has 3 rings (SSSR count). The van der Waals surface area contributed by atoms with Gasteiger partial charge >= 0.3 is 5.97 Å². The van der Waals surface area contributed by atoms with Crippen molar-refractivity contribution in [2.45, 2.75) is 26.2 Å². The fourth-order valence-electron chi connectivity index (χ4n) is 3.66. The summed E-state index contributed by atoms with van der Waals surface area (Å²) >= 11 is 7.06. The van der Waals surface area contributed by atoms with Crippen molar-refractivity contribution in [1.82, 2.24) is 0 Å². The lowest BCUT2D eigenvalue weighted by atomic mass is 9.95. The van der Waals surface area contributed by atoms with E-state index in [9.17, 15) is 9.59 Å². The van der Waals surface area contributed by atoms with Gasteiger partial charge in [0.15, 0.2) is 11.5 Å². The fourth-order valence-corrected chi connectivity index (χ4v) is 5.10. The molecular formula is C29H26Br2O6. The number of esters is 1. The normalized spacial score (nSPS) is 10.5. The van der Waals surface area contributed by atoms with E-state index in [2.05, 4.69) is 43.7 Å². The number of rotatable bonds is 8. The molecule has 0 bridgehead atoms. The molecule has 0 aliphatic heterocycles. The van der Waals surface area contributed by atoms with E-state index < -0.39 is 0 Å². The van der Waals surface area contributed by atoms with E-state index in [1.165, 1.54) is 7.11 Å².